The number of H-pyrrole nitrogens is 1. The van der Waals surface area contributed by atoms with Crippen LogP contribution in [0.25, 0.3) is 16.6 Å². The van der Waals surface area contributed by atoms with Gasteiger partial charge in [-0.15, -0.1) is 0 Å². The van der Waals surface area contributed by atoms with Crippen molar-refractivity contribution in [2.24, 2.45) is 0 Å². The summed E-state index contributed by atoms with van der Waals surface area (Å²) in [6.45, 7) is 3.01. The molecule has 3 N–H and O–H groups in total. The van der Waals surface area contributed by atoms with Crippen LogP contribution in [-0.2, 0) is 4.74 Å². The molecule has 1 saturated heterocycles. The van der Waals surface area contributed by atoms with Crippen LogP contribution in [0, 0.1) is 3.95 Å². The van der Waals surface area contributed by atoms with Crippen LogP contribution in [0.3, 0.4) is 0 Å². The van der Waals surface area contributed by atoms with Crippen LogP contribution in [0.5, 0.6) is 0 Å². The van der Waals surface area contributed by atoms with E-state index < -0.39 is 0 Å². The Balaban J connectivity index is 1.49. The normalized spacial score (nSPS) is 16.4. The summed E-state index contributed by atoms with van der Waals surface area (Å²) in [5.74, 6) is -0.590. The number of benzene rings is 2. The van der Waals surface area contributed by atoms with Crippen molar-refractivity contribution in [3.05, 3.63) is 78.8 Å². The molecule has 8 nitrogen and oxygen atoms in total. The van der Waals surface area contributed by atoms with E-state index in [0.717, 1.165) is 29.7 Å². The van der Waals surface area contributed by atoms with E-state index in [1.807, 2.05) is 37.3 Å². The first-order chi connectivity index (χ1) is 16.9. The number of nitrogens with one attached hydrogen (secondary N) is 3. The van der Waals surface area contributed by atoms with Crippen molar-refractivity contribution in [1.82, 2.24) is 20.0 Å². The highest BCUT2D eigenvalue weighted by Gasteiger charge is 2.21. The first kappa shape index (κ1) is 23.4. The van der Waals surface area contributed by atoms with Gasteiger partial charge in [0, 0.05) is 18.7 Å². The van der Waals surface area contributed by atoms with Gasteiger partial charge in [-0.05, 0) is 55.7 Å². The lowest BCUT2D eigenvalue weighted by atomic mass is 10.1. The van der Waals surface area contributed by atoms with Crippen LogP contribution in [0.2, 0.25) is 0 Å². The average molecular weight is 509 g/mol. The molecule has 2 amide bonds. The number of carbonyl (C=O) groups is 2. The van der Waals surface area contributed by atoms with Crippen molar-refractivity contribution >= 4 is 51.9 Å². The number of carbonyl (C=O) groups excluding carboxylic acids is 2. The third kappa shape index (κ3) is 4.64. The predicted octanol–water partition coefficient (Wildman–Crippen LogP) is 3.97. The van der Waals surface area contributed by atoms with Gasteiger partial charge >= 0.3 is 0 Å². The maximum Gasteiger partial charge on any atom is 0.265 e. The minimum absolute atomic E-state index is 0.0000267. The molecule has 2 aromatic heterocycles. The Morgan fingerprint density at radius 2 is 2.03 bits per heavy atom. The minimum atomic E-state index is -0.356. The maximum absolute atomic E-state index is 13.0. The second-order valence-corrected chi connectivity index (χ2v) is 10.2. The topological polar surface area (TPSA) is 105 Å². The Morgan fingerprint density at radius 3 is 2.77 bits per heavy atom. The van der Waals surface area contributed by atoms with Gasteiger partial charge in [-0.1, -0.05) is 41.7 Å². The maximum atomic E-state index is 13.0. The van der Waals surface area contributed by atoms with Crippen molar-refractivity contribution in [3.8, 4) is 0 Å². The Kier molecular flexibility index (Phi) is 6.50. The minimum Gasteiger partial charge on any atom is -0.376 e. The van der Waals surface area contributed by atoms with E-state index in [9.17, 15) is 14.4 Å². The van der Waals surface area contributed by atoms with Crippen LogP contribution in [0.4, 0.5) is 0 Å². The number of aromatic amines is 1. The quantitative estimate of drug-likeness (QED) is 0.342. The van der Waals surface area contributed by atoms with E-state index in [2.05, 4.69) is 15.6 Å². The second-order valence-electron chi connectivity index (χ2n) is 8.52. The molecule has 5 rings (SSSR count). The molecule has 0 spiro atoms. The summed E-state index contributed by atoms with van der Waals surface area (Å²) < 4.78 is 7.62. The fraction of sp³-hybridized carbons (Fsp3) is 0.280. The molecular formula is C25H24N4O4S2. The third-order valence-corrected chi connectivity index (χ3v) is 7.53. The molecule has 2 unspecified atom stereocenters. The molecule has 0 aliphatic carbocycles. The van der Waals surface area contributed by atoms with E-state index in [4.69, 9.17) is 17.0 Å². The third-order valence-electron chi connectivity index (χ3n) is 6.16. The summed E-state index contributed by atoms with van der Waals surface area (Å²) in [6.07, 6.45) is 1.88. The number of hydrogen-bond acceptors (Lipinski definition) is 6. The van der Waals surface area contributed by atoms with Crippen LogP contribution < -0.4 is 16.2 Å². The summed E-state index contributed by atoms with van der Waals surface area (Å²) in [5, 5.41) is 6.25. The van der Waals surface area contributed by atoms with Crippen LogP contribution in [-0.4, -0.2) is 40.5 Å². The Morgan fingerprint density at radius 1 is 1.23 bits per heavy atom. The molecule has 4 aromatic rings. The Bertz CT molecular complexity index is 1530. The van der Waals surface area contributed by atoms with Gasteiger partial charge in [-0.3, -0.25) is 18.8 Å². The van der Waals surface area contributed by atoms with Gasteiger partial charge in [0.1, 0.15) is 10.5 Å². The van der Waals surface area contributed by atoms with E-state index in [1.165, 1.54) is 0 Å². The SMILES string of the molecule is CC(NC(=O)c1ccc2c(=O)[nH]c3c(C(=O)NCC4CCCO4)sc(=S)n3c2c1)c1ccccc1. The highest BCUT2D eigenvalue weighted by Crippen LogP contribution is 2.24. The number of aromatic nitrogens is 2. The Labute approximate surface area is 209 Å². The average Bonchev–Trinajstić information content (AvgIpc) is 3.50. The zero-order valence-electron chi connectivity index (χ0n) is 19.0. The standard InChI is InChI=1S/C25H24N4O4S2/c1-14(15-6-3-2-4-7-15)27-22(30)16-9-10-18-19(12-16)29-21(28-23(18)31)20(35-25(29)34)24(32)26-13-17-8-5-11-33-17/h2-4,6-7,9-10,12,14,17H,5,8,11,13H2,1H3,(H,26,32)(H,27,30)(H,28,31). The number of ether oxygens (including phenoxy) is 1. The molecule has 1 aliphatic heterocycles. The molecule has 1 aliphatic rings. The lowest BCUT2D eigenvalue weighted by Gasteiger charge is -2.14. The van der Waals surface area contributed by atoms with Crippen molar-refractivity contribution in [2.75, 3.05) is 13.2 Å². The largest absolute Gasteiger partial charge is 0.376 e. The fourth-order valence-electron chi connectivity index (χ4n) is 4.28. The zero-order chi connectivity index (χ0) is 24.5. The van der Waals surface area contributed by atoms with Gasteiger partial charge in [-0.2, -0.15) is 0 Å². The van der Waals surface area contributed by atoms with Crippen LogP contribution >= 0.6 is 23.6 Å². The van der Waals surface area contributed by atoms with Gasteiger partial charge < -0.3 is 20.4 Å². The van der Waals surface area contributed by atoms with Gasteiger partial charge in [0.25, 0.3) is 17.4 Å². The van der Waals surface area contributed by atoms with Gasteiger partial charge in [-0.25, -0.2) is 0 Å². The lowest BCUT2D eigenvalue weighted by molar-refractivity contribution is 0.0861. The molecule has 0 saturated carbocycles. The summed E-state index contributed by atoms with van der Waals surface area (Å²) in [5.41, 5.74) is 1.81. The molecular weight excluding hydrogens is 484 g/mol. The lowest BCUT2D eigenvalue weighted by Crippen LogP contribution is -2.31. The number of fused-ring (bicyclic) bond motifs is 3. The van der Waals surface area contributed by atoms with Crippen molar-refractivity contribution in [1.29, 1.82) is 0 Å². The molecule has 3 heterocycles. The molecule has 1 fully saturated rings. The van der Waals surface area contributed by atoms with Gasteiger partial charge in [0.2, 0.25) is 0 Å². The van der Waals surface area contributed by atoms with Gasteiger partial charge in [0.15, 0.2) is 3.95 Å². The van der Waals surface area contributed by atoms with Crippen molar-refractivity contribution < 1.29 is 14.3 Å². The second kappa shape index (κ2) is 9.73. The van der Waals surface area contributed by atoms with E-state index in [0.29, 0.717) is 44.1 Å². The first-order valence-electron chi connectivity index (χ1n) is 11.4. The Hall–Kier alpha value is -3.34. The van der Waals surface area contributed by atoms with Gasteiger partial charge in [0.05, 0.1) is 23.0 Å². The smallest absolute Gasteiger partial charge is 0.265 e. The fourth-order valence-corrected chi connectivity index (χ4v) is 5.58. The van der Waals surface area contributed by atoms with E-state index >= 15 is 0 Å². The number of thiazole rings is 1. The monoisotopic (exact) mass is 508 g/mol. The number of rotatable bonds is 6. The number of hydrogen-bond donors (Lipinski definition) is 3. The molecule has 0 bridgehead atoms. The number of amides is 2. The summed E-state index contributed by atoms with van der Waals surface area (Å²) >= 11 is 6.67. The first-order valence-corrected chi connectivity index (χ1v) is 12.6. The van der Waals surface area contributed by atoms with Crippen molar-refractivity contribution in [2.45, 2.75) is 31.9 Å². The van der Waals surface area contributed by atoms with E-state index in [-0.39, 0.29) is 29.5 Å². The highest BCUT2D eigenvalue weighted by atomic mass is 32.1. The molecule has 2 aromatic carbocycles. The molecule has 180 valence electrons. The highest BCUT2D eigenvalue weighted by molar-refractivity contribution is 7.73. The van der Waals surface area contributed by atoms with Crippen molar-refractivity contribution in [3.63, 3.8) is 0 Å². The number of nitrogens with zero attached hydrogens (tertiary/aromatic N) is 1. The van der Waals surface area contributed by atoms with Crippen LogP contribution in [0.1, 0.15) is 51.4 Å². The molecule has 10 heteroatoms. The molecule has 35 heavy (non-hydrogen) atoms. The summed E-state index contributed by atoms with van der Waals surface area (Å²) in [4.78, 5) is 41.9. The molecule has 0 radical (unpaired) electrons. The predicted molar refractivity (Wildman–Crippen MR) is 138 cm³/mol. The zero-order valence-corrected chi connectivity index (χ0v) is 20.6. The summed E-state index contributed by atoms with van der Waals surface area (Å²) in [6, 6.07) is 14.3. The van der Waals surface area contributed by atoms with Crippen LogP contribution in [0.15, 0.2) is 53.3 Å². The van der Waals surface area contributed by atoms with E-state index in [1.54, 1.807) is 22.6 Å². The summed E-state index contributed by atoms with van der Waals surface area (Å²) in [7, 11) is 0. The molecule has 2 atom stereocenters.